The highest BCUT2D eigenvalue weighted by atomic mass is 19.4. The predicted octanol–water partition coefficient (Wildman–Crippen LogP) is 1.67. The number of nitrogens with one attached hydrogen (secondary N) is 1. The Balaban J connectivity index is 2.68. The van der Waals surface area contributed by atoms with Crippen molar-refractivity contribution < 1.29 is 23.0 Å². The zero-order chi connectivity index (χ0) is 12.0. The lowest BCUT2D eigenvalue weighted by atomic mass is 10.2. The molecule has 0 aliphatic rings. The summed E-state index contributed by atoms with van der Waals surface area (Å²) >= 11 is 0. The van der Waals surface area contributed by atoms with Crippen molar-refractivity contribution in [3.63, 3.8) is 0 Å². The maximum absolute atomic E-state index is 12.0. The Morgan fingerprint density at radius 1 is 1.25 bits per heavy atom. The van der Waals surface area contributed by atoms with Crippen LogP contribution in [0.5, 0.6) is 5.75 Å². The first kappa shape index (κ1) is 12.8. The molecule has 0 heterocycles. The first-order valence-corrected chi connectivity index (χ1v) is 4.68. The van der Waals surface area contributed by atoms with Crippen LogP contribution in [-0.4, -0.2) is 24.6 Å². The van der Waals surface area contributed by atoms with Gasteiger partial charge >= 0.3 is 6.36 Å². The largest absolute Gasteiger partial charge is 0.573 e. The molecule has 0 saturated heterocycles. The van der Waals surface area contributed by atoms with Crippen LogP contribution in [0.4, 0.5) is 13.2 Å². The van der Waals surface area contributed by atoms with Crippen molar-refractivity contribution in [3.8, 4) is 5.75 Å². The van der Waals surface area contributed by atoms with E-state index in [0.717, 1.165) is 0 Å². The number of ether oxygens (including phenoxy) is 1. The average Bonchev–Trinajstić information content (AvgIpc) is 2.19. The molecule has 0 atom stereocenters. The minimum absolute atomic E-state index is 0.0672. The molecule has 6 heteroatoms. The molecule has 1 aromatic rings. The van der Waals surface area contributed by atoms with Crippen molar-refractivity contribution in [2.24, 2.45) is 0 Å². The Bertz CT molecular complexity index is 328. The first-order valence-electron chi connectivity index (χ1n) is 4.68. The van der Waals surface area contributed by atoms with Crippen molar-refractivity contribution in [3.05, 3.63) is 29.8 Å². The summed E-state index contributed by atoms with van der Waals surface area (Å²) in [6.07, 6.45) is -4.69. The van der Waals surface area contributed by atoms with E-state index in [-0.39, 0.29) is 18.9 Å². The number of benzene rings is 1. The molecule has 0 saturated carbocycles. The molecular weight excluding hydrogens is 223 g/mol. The SMILES string of the molecule is OCCNCc1ccccc1OC(F)(F)F. The fourth-order valence-electron chi connectivity index (χ4n) is 1.18. The van der Waals surface area contributed by atoms with Crippen molar-refractivity contribution in [1.82, 2.24) is 5.32 Å². The molecule has 90 valence electrons. The molecule has 0 aliphatic heterocycles. The van der Waals surface area contributed by atoms with Crippen LogP contribution < -0.4 is 10.1 Å². The molecule has 1 aromatic carbocycles. The number of rotatable bonds is 5. The average molecular weight is 235 g/mol. The van der Waals surface area contributed by atoms with Crippen LogP contribution in [0, 0.1) is 0 Å². The lowest BCUT2D eigenvalue weighted by Gasteiger charge is -2.13. The van der Waals surface area contributed by atoms with E-state index >= 15 is 0 Å². The summed E-state index contributed by atoms with van der Waals surface area (Å²) in [5.74, 6) is -0.222. The second-order valence-corrected chi connectivity index (χ2v) is 3.06. The molecule has 0 amide bonds. The molecule has 0 aliphatic carbocycles. The van der Waals surface area contributed by atoms with Gasteiger partial charge in [0.05, 0.1) is 6.61 Å². The van der Waals surface area contributed by atoms with Gasteiger partial charge in [-0.2, -0.15) is 0 Å². The minimum Gasteiger partial charge on any atom is -0.405 e. The number of aliphatic hydroxyl groups is 1. The number of halogens is 3. The smallest absolute Gasteiger partial charge is 0.405 e. The summed E-state index contributed by atoms with van der Waals surface area (Å²) < 4.78 is 39.9. The van der Waals surface area contributed by atoms with Crippen LogP contribution in [0.25, 0.3) is 0 Å². The second kappa shape index (κ2) is 5.72. The van der Waals surface area contributed by atoms with Crippen LogP contribution in [0.15, 0.2) is 24.3 Å². The summed E-state index contributed by atoms with van der Waals surface area (Å²) in [7, 11) is 0. The van der Waals surface area contributed by atoms with E-state index in [1.165, 1.54) is 18.2 Å². The Morgan fingerprint density at radius 2 is 1.94 bits per heavy atom. The van der Waals surface area contributed by atoms with Gasteiger partial charge in [-0.1, -0.05) is 18.2 Å². The van der Waals surface area contributed by atoms with Crippen molar-refractivity contribution in [2.75, 3.05) is 13.2 Å². The van der Waals surface area contributed by atoms with Crippen molar-refractivity contribution in [1.29, 1.82) is 0 Å². The van der Waals surface area contributed by atoms with Crippen LogP contribution in [0.3, 0.4) is 0 Å². The molecule has 0 unspecified atom stereocenters. The van der Waals surface area contributed by atoms with Gasteiger partial charge in [0.2, 0.25) is 0 Å². The molecule has 0 radical (unpaired) electrons. The molecule has 0 aromatic heterocycles. The Labute approximate surface area is 90.8 Å². The van der Waals surface area contributed by atoms with Crippen molar-refractivity contribution in [2.45, 2.75) is 12.9 Å². The molecule has 0 spiro atoms. The quantitative estimate of drug-likeness (QED) is 0.763. The van der Waals surface area contributed by atoms with E-state index < -0.39 is 6.36 Å². The number of hydrogen-bond acceptors (Lipinski definition) is 3. The van der Waals surface area contributed by atoms with Gasteiger partial charge in [-0.25, -0.2) is 0 Å². The second-order valence-electron chi connectivity index (χ2n) is 3.06. The molecular formula is C10H12F3NO2. The van der Waals surface area contributed by atoms with E-state index in [2.05, 4.69) is 10.1 Å². The number of para-hydroxylation sites is 1. The molecule has 2 N–H and O–H groups in total. The standard InChI is InChI=1S/C10H12F3NO2/c11-10(12,13)16-9-4-2-1-3-8(9)7-14-5-6-15/h1-4,14-15H,5-7H2. The summed E-state index contributed by atoms with van der Waals surface area (Å²) in [5, 5.41) is 11.3. The fourth-order valence-corrected chi connectivity index (χ4v) is 1.18. The van der Waals surface area contributed by atoms with Gasteiger partial charge in [-0.05, 0) is 6.07 Å². The predicted molar refractivity (Wildman–Crippen MR) is 51.9 cm³/mol. The Kier molecular flexibility index (Phi) is 4.57. The first-order chi connectivity index (χ1) is 7.53. The highest BCUT2D eigenvalue weighted by Gasteiger charge is 2.31. The molecule has 0 fully saturated rings. The van der Waals surface area contributed by atoms with Crippen LogP contribution in [-0.2, 0) is 6.54 Å². The van der Waals surface area contributed by atoms with E-state index in [0.29, 0.717) is 12.1 Å². The summed E-state index contributed by atoms with van der Waals surface area (Å²) in [5.41, 5.74) is 0.397. The highest BCUT2D eigenvalue weighted by Crippen LogP contribution is 2.25. The number of aliphatic hydroxyl groups excluding tert-OH is 1. The zero-order valence-electron chi connectivity index (χ0n) is 8.42. The van der Waals surface area contributed by atoms with Gasteiger partial charge in [-0.15, -0.1) is 13.2 Å². The van der Waals surface area contributed by atoms with Gasteiger partial charge in [0.25, 0.3) is 0 Å². The van der Waals surface area contributed by atoms with E-state index in [9.17, 15) is 13.2 Å². The van der Waals surface area contributed by atoms with E-state index in [1.54, 1.807) is 6.07 Å². The summed E-state index contributed by atoms with van der Waals surface area (Å²) in [4.78, 5) is 0. The van der Waals surface area contributed by atoms with Gasteiger partial charge in [0.1, 0.15) is 5.75 Å². The van der Waals surface area contributed by atoms with Crippen LogP contribution in [0.1, 0.15) is 5.56 Å². The topological polar surface area (TPSA) is 41.5 Å². The monoisotopic (exact) mass is 235 g/mol. The minimum atomic E-state index is -4.69. The maximum atomic E-state index is 12.0. The van der Waals surface area contributed by atoms with Crippen LogP contribution >= 0.6 is 0 Å². The Morgan fingerprint density at radius 3 is 2.56 bits per heavy atom. The number of alkyl halides is 3. The maximum Gasteiger partial charge on any atom is 0.573 e. The third-order valence-corrected chi connectivity index (χ3v) is 1.80. The van der Waals surface area contributed by atoms with Crippen molar-refractivity contribution >= 4 is 0 Å². The lowest BCUT2D eigenvalue weighted by molar-refractivity contribution is -0.274. The van der Waals surface area contributed by atoms with Gasteiger partial charge in [0, 0.05) is 18.7 Å². The van der Waals surface area contributed by atoms with E-state index in [4.69, 9.17) is 5.11 Å². The normalized spacial score (nSPS) is 11.5. The number of hydrogen-bond donors (Lipinski definition) is 2. The molecule has 16 heavy (non-hydrogen) atoms. The van der Waals surface area contributed by atoms with E-state index in [1.807, 2.05) is 0 Å². The fraction of sp³-hybridized carbons (Fsp3) is 0.400. The third kappa shape index (κ3) is 4.50. The lowest BCUT2D eigenvalue weighted by Crippen LogP contribution is -2.21. The van der Waals surface area contributed by atoms with Crippen LogP contribution in [0.2, 0.25) is 0 Å². The van der Waals surface area contributed by atoms with Gasteiger partial charge < -0.3 is 15.2 Å². The highest BCUT2D eigenvalue weighted by molar-refractivity contribution is 5.33. The summed E-state index contributed by atoms with van der Waals surface area (Å²) in [6.45, 7) is 0.468. The molecule has 3 nitrogen and oxygen atoms in total. The third-order valence-electron chi connectivity index (χ3n) is 1.80. The molecule has 0 bridgehead atoms. The van der Waals surface area contributed by atoms with Gasteiger partial charge in [0.15, 0.2) is 0 Å². The molecule has 1 rings (SSSR count). The Hall–Kier alpha value is -1.27. The summed E-state index contributed by atoms with van der Waals surface area (Å²) in [6, 6.07) is 5.88. The van der Waals surface area contributed by atoms with Gasteiger partial charge in [-0.3, -0.25) is 0 Å². The zero-order valence-corrected chi connectivity index (χ0v) is 8.42.